The Morgan fingerprint density at radius 2 is 2.21 bits per heavy atom. The second kappa shape index (κ2) is 6.68. The highest BCUT2D eigenvalue weighted by molar-refractivity contribution is 9.10. The molecule has 6 heteroatoms. The molecule has 0 bridgehead atoms. The maximum Gasteiger partial charge on any atom is 0.166 e. The Morgan fingerprint density at radius 3 is 2.84 bits per heavy atom. The van der Waals surface area contributed by atoms with E-state index in [4.69, 9.17) is 9.15 Å². The molecular weight excluding hydrogens is 310 g/mol. The van der Waals surface area contributed by atoms with Crippen LogP contribution in [0.2, 0.25) is 0 Å². The molecule has 5 nitrogen and oxygen atoms in total. The number of anilines is 1. The molecule has 19 heavy (non-hydrogen) atoms. The number of furan rings is 1. The monoisotopic (exact) mass is 325 g/mol. The van der Waals surface area contributed by atoms with Crippen LogP contribution < -0.4 is 5.32 Å². The topological polar surface area (TPSA) is 60.2 Å². The Kier molecular flexibility index (Phi) is 4.93. The normalized spacial score (nSPS) is 10.7. The molecule has 0 aliphatic heterocycles. The third-order valence-corrected chi connectivity index (χ3v) is 3.04. The SMILES string of the molecule is CCNc1cc(-c2occc2Br)nc(COCC)n1. The Balaban J connectivity index is 2.36. The predicted molar refractivity (Wildman–Crippen MR) is 76.9 cm³/mol. The molecule has 0 saturated heterocycles. The van der Waals surface area contributed by atoms with E-state index in [0.717, 1.165) is 22.5 Å². The van der Waals surface area contributed by atoms with Crippen molar-refractivity contribution < 1.29 is 9.15 Å². The number of hydrogen-bond donors (Lipinski definition) is 1. The average Bonchev–Trinajstić information content (AvgIpc) is 2.83. The summed E-state index contributed by atoms with van der Waals surface area (Å²) in [5.41, 5.74) is 0.734. The molecule has 2 aromatic rings. The van der Waals surface area contributed by atoms with Crippen LogP contribution in [0.3, 0.4) is 0 Å². The minimum atomic E-state index is 0.390. The molecule has 0 aliphatic rings. The van der Waals surface area contributed by atoms with E-state index in [2.05, 4.69) is 31.2 Å². The zero-order chi connectivity index (χ0) is 13.7. The fraction of sp³-hybridized carbons (Fsp3) is 0.385. The third-order valence-electron chi connectivity index (χ3n) is 2.42. The van der Waals surface area contributed by atoms with Crippen molar-refractivity contribution in [3.63, 3.8) is 0 Å². The van der Waals surface area contributed by atoms with Gasteiger partial charge in [-0.3, -0.25) is 0 Å². The van der Waals surface area contributed by atoms with Gasteiger partial charge in [0.25, 0.3) is 0 Å². The summed E-state index contributed by atoms with van der Waals surface area (Å²) in [6.07, 6.45) is 1.62. The van der Waals surface area contributed by atoms with Gasteiger partial charge in [0.15, 0.2) is 11.6 Å². The van der Waals surface area contributed by atoms with Crippen molar-refractivity contribution >= 4 is 21.7 Å². The lowest BCUT2D eigenvalue weighted by Gasteiger charge is -2.08. The highest BCUT2D eigenvalue weighted by Gasteiger charge is 2.12. The molecule has 1 N–H and O–H groups in total. The van der Waals surface area contributed by atoms with E-state index in [1.807, 2.05) is 26.0 Å². The van der Waals surface area contributed by atoms with Gasteiger partial charge in [-0.15, -0.1) is 0 Å². The lowest BCUT2D eigenvalue weighted by atomic mass is 10.3. The van der Waals surface area contributed by atoms with Gasteiger partial charge in [-0.25, -0.2) is 9.97 Å². The van der Waals surface area contributed by atoms with Gasteiger partial charge in [0.1, 0.15) is 18.1 Å². The van der Waals surface area contributed by atoms with E-state index >= 15 is 0 Å². The summed E-state index contributed by atoms with van der Waals surface area (Å²) in [6.45, 7) is 5.78. The molecule has 0 radical (unpaired) electrons. The number of ether oxygens (including phenoxy) is 1. The van der Waals surface area contributed by atoms with Crippen molar-refractivity contribution in [3.05, 3.63) is 28.7 Å². The summed E-state index contributed by atoms with van der Waals surface area (Å²) < 4.78 is 11.7. The van der Waals surface area contributed by atoms with Gasteiger partial charge in [-0.1, -0.05) is 0 Å². The first kappa shape index (κ1) is 14.0. The molecule has 0 saturated carbocycles. The number of rotatable bonds is 6. The first-order valence-electron chi connectivity index (χ1n) is 6.17. The highest BCUT2D eigenvalue weighted by atomic mass is 79.9. The Morgan fingerprint density at radius 1 is 1.37 bits per heavy atom. The molecular formula is C13H16BrN3O2. The van der Waals surface area contributed by atoms with Gasteiger partial charge in [0, 0.05) is 19.2 Å². The van der Waals surface area contributed by atoms with Crippen LogP contribution in [0.5, 0.6) is 0 Å². The van der Waals surface area contributed by atoms with Crippen LogP contribution in [0, 0.1) is 0 Å². The fourth-order valence-electron chi connectivity index (χ4n) is 1.62. The molecule has 2 rings (SSSR count). The van der Waals surface area contributed by atoms with Crippen LogP contribution in [0.1, 0.15) is 19.7 Å². The van der Waals surface area contributed by atoms with Gasteiger partial charge in [0.05, 0.1) is 10.7 Å². The van der Waals surface area contributed by atoms with Crippen LogP contribution in [0.4, 0.5) is 5.82 Å². The third kappa shape index (κ3) is 3.54. The fourth-order valence-corrected chi connectivity index (χ4v) is 2.02. The van der Waals surface area contributed by atoms with Crippen LogP contribution in [-0.2, 0) is 11.3 Å². The predicted octanol–water partition coefficient (Wildman–Crippen LogP) is 3.47. The Labute approximate surface area is 120 Å². The maximum atomic E-state index is 5.44. The van der Waals surface area contributed by atoms with Crippen LogP contribution in [0.15, 0.2) is 27.3 Å². The summed E-state index contributed by atoms with van der Waals surface area (Å²) in [6, 6.07) is 3.70. The minimum absolute atomic E-state index is 0.390. The van der Waals surface area contributed by atoms with Crippen molar-refractivity contribution in [1.82, 2.24) is 9.97 Å². The number of nitrogens with zero attached hydrogens (tertiary/aromatic N) is 2. The number of nitrogens with one attached hydrogen (secondary N) is 1. The number of hydrogen-bond acceptors (Lipinski definition) is 5. The maximum absolute atomic E-state index is 5.44. The lowest BCUT2D eigenvalue weighted by molar-refractivity contribution is 0.128. The van der Waals surface area contributed by atoms with Crippen molar-refractivity contribution in [2.45, 2.75) is 20.5 Å². The van der Waals surface area contributed by atoms with Crippen molar-refractivity contribution in [2.75, 3.05) is 18.5 Å². The lowest BCUT2D eigenvalue weighted by Crippen LogP contribution is -2.06. The summed E-state index contributed by atoms with van der Waals surface area (Å²) in [7, 11) is 0. The molecule has 0 aromatic carbocycles. The second-order valence-corrected chi connectivity index (χ2v) is 4.67. The number of aromatic nitrogens is 2. The standard InChI is InChI=1S/C13H16BrN3O2/c1-3-15-11-7-10(13-9(14)5-6-19-13)16-12(17-11)8-18-4-2/h5-7H,3-4,8H2,1-2H3,(H,15,16,17). The Hall–Kier alpha value is -1.40. The smallest absolute Gasteiger partial charge is 0.166 e. The molecule has 0 atom stereocenters. The van der Waals surface area contributed by atoms with Gasteiger partial charge in [-0.05, 0) is 35.8 Å². The van der Waals surface area contributed by atoms with Gasteiger partial charge >= 0.3 is 0 Å². The first-order chi connectivity index (χ1) is 9.24. The first-order valence-corrected chi connectivity index (χ1v) is 6.96. The largest absolute Gasteiger partial charge is 0.461 e. The molecule has 2 heterocycles. The molecule has 0 spiro atoms. The van der Waals surface area contributed by atoms with Crippen molar-refractivity contribution in [1.29, 1.82) is 0 Å². The quantitative estimate of drug-likeness (QED) is 0.881. The average molecular weight is 326 g/mol. The van der Waals surface area contributed by atoms with Crippen molar-refractivity contribution in [2.24, 2.45) is 0 Å². The zero-order valence-corrected chi connectivity index (χ0v) is 12.5. The molecule has 0 unspecified atom stereocenters. The van der Waals surface area contributed by atoms with Crippen LogP contribution in [0.25, 0.3) is 11.5 Å². The van der Waals surface area contributed by atoms with E-state index < -0.39 is 0 Å². The van der Waals surface area contributed by atoms with Gasteiger partial charge in [-0.2, -0.15) is 0 Å². The van der Waals surface area contributed by atoms with E-state index in [0.29, 0.717) is 24.8 Å². The minimum Gasteiger partial charge on any atom is -0.461 e. The van der Waals surface area contributed by atoms with Crippen molar-refractivity contribution in [3.8, 4) is 11.5 Å². The number of halogens is 1. The molecule has 102 valence electrons. The summed E-state index contributed by atoms with van der Waals surface area (Å²) in [5, 5.41) is 3.18. The Bertz CT molecular complexity index is 542. The van der Waals surface area contributed by atoms with E-state index in [1.54, 1.807) is 6.26 Å². The van der Waals surface area contributed by atoms with E-state index in [1.165, 1.54) is 0 Å². The summed E-state index contributed by atoms with van der Waals surface area (Å²) >= 11 is 3.44. The van der Waals surface area contributed by atoms with Gasteiger partial charge < -0.3 is 14.5 Å². The summed E-state index contributed by atoms with van der Waals surface area (Å²) in [5.74, 6) is 2.10. The van der Waals surface area contributed by atoms with Crippen LogP contribution >= 0.6 is 15.9 Å². The summed E-state index contributed by atoms with van der Waals surface area (Å²) in [4.78, 5) is 8.85. The van der Waals surface area contributed by atoms with E-state index in [9.17, 15) is 0 Å². The highest BCUT2D eigenvalue weighted by Crippen LogP contribution is 2.29. The zero-order valence-electron chi connectivity index (χ0n) is 10.9. The second-order valence-electron chi connectivity index (χ2n) is 3.82. The molecule has 0 fully saturated rings. The molecule has 0 amide bonds. The molecule has 2 aromatic heterocycles. The molecule has 0 aliphatic carbocycles. The van der Waals surface area contributed by atoms with E-state index in [-0.39, 0.29) is 0 Å². The van der Waals surface area contributed by atoms with Crippen LogP contribution in [-0.4, -0.2) is 23.1 Å². The van der Waals surface area contributed by atoms with Gasteiger partial charge in [0.2, 0.25) is 0 Å².